The van der Waals surface area contributed by atoms with Gasteiger partial charge in [0.2, 0.25) is 0 Å². The van der Waals surface area contributed by atoms with E-state index in [2.05, 4.69) is 15.2 Å². The fourth-order valence-electron chi connectivity index (χ4n) is 1.96. The van der Waals surface area contributed by atoms with Crippen LogP contribution < -0.4 is 5.73 Å². The number of nitrogens with one attached hydrogen (secondary N) is 1. The summed E-state index contributed by atoms with van der Waals surface area (Å²) in [6.45, 7) is 0. The van der Waals surface area contributed by atoms with E-state index in [1.54, 1.807) is 0 Å². The molecule has 1 aromatic heterocycles. The summed E-state index contributed by atoms with van der Waals surface area (Å²) in [5.41, 5.74) is 8.34. The van der Waals surface area contributed by atoms with E-state index in [1.807, 2.05) is 48.5 Å². The van der Waals surface area contributed by atoms with Crippen LogP contribution in [0.5, 0.6) is 0 Å². The maximum atomic E-state index is 6.14. The molecule has 5 heteroatoms. The molecular weight excluding hydrogens is 272 g/mol. The monoisotopic (exact) mass is 284 g/mol. The summed E-state index contributed by atoms with van der Waals surface area (Å²) in [6.07, 6.45) is 0.627. The summed E-state index contributed by atoms with van der Waals surface area (Å²) in [5, 5.41) is 7.90. The van der Waals surface area contributed by atoms with Crippen LogP contribution in [0.1, 0.15) is 11.4 Å². The van der Waals surface area contributed by atoms with Gasteiger partial charge in [0.15, 0.2) is 5.82 Å². The Hall–Kier alpha value is -2.33. The molecule has 4 nitrogen and oxygen atoms in total. The first kappa shape index (κ1) is 12.7. The molecule has 0 amide bonds. The molecule has 0 fully saturated rings. The van der Waals surface area contributed by atoms with E-state index in [0.29, 0.717) is 12.2 Å². The highest BCUT2D eigenvalue weighted by atomic mass is 35.5. The topological polar surface area (TPSA) is 67.6 Å². The molecule has 3 aromatic rings. The van der Waals surface area contributed by atoms with E-state index in [-0.39, 0.29) is 0 Å². The second-order valence-corrected chi connectivity index (χ2v) is 4.90. The number of benzene rings is 2. The Kier molecular flexibility index (Phi) is 3.39. The number of hydrogen-bond donors (Lipinski definition) is 2. The number of nitrogens with two attached hydrogens (primary N) is 1. The van der Waals surface area contributed by atoms with Crippen LogP contribution in [0.3, 0.4) is 0 Å². The van der Waals surface area contributed by atoms with E-state index < -0.39 is 0 Å². The first-order valence-electron chi connectivity index (χ1n) is 6.23. The largest absolute Gasteiger partial charge is 0.399 e. The highest BCUT2D eigenvalue weighted by Crippen LogP contribution is 2.20. The van der Waals surface area contributed by atoms with E-state index >= 15 is 0 Å². The van der Waals surface area contributed by atoms with Gasteiger partial charge in [-0.3, -0.25) is 5.10 Å². The van der Waals surface area contributed by atoms with Gasteiger partial charge >= 0.3 is 0 Å². The Morgan fingerprint density at radius 1 is 1.05 bits per heavy atom. The van der Waals surface area contributed by atoms with Gasteiger partial charge in [0.05, 0.1) is 0 Å². The van der Waals surface area contributed by atoms with Gasteiger partial charge < -0.3 is 5.73 Å². The van der Waals surface area contributed by atoms with Crippen molar-refractivity contribution in [2.24, 2.45) is 0 Å². The minimum absolute atomic E-state index is 0.627. The highest BCUT2D eigenvalue weighted by molar-refractivity contribution is 6.31. The molecular formula is C15H13ClN4. The van der Waals surface area contributed by atoms with Gasteiger partial charge in [0.1, 0.15) is 5.82 Å². The third-order valence-electron chi connectivity index (χ3n) is 3.02. The molecule has 0 aliphatic carbocycles. The molecule has 0 saturated heterocycles. The second kappa shape index (κ2) is 5.35. The molecule has 0 atom stereocenters. The second-order valence-electron chi connectivity index (χ2n) is 4.50. The van der Waals surface area contributed by atoms with Gasteiger partial charge in [-0.05, 0) is 35.9 Å². The van der Waals surface area contributed by atoms with Crippen LogP contribution in [-0.2, 0) is 6.42 Å². The molecule has 100 valence electrons. The van der Waals surface area contributed by atoms with Crippen molar-refractivity contribution in [1.29, 1.82) is 0 Å². The van der Waals surface area contributed by atoms with Gasteiger partial charge in [-0.1, -0.05) is 29.8 Å². The van der Waals surface area contributed by atoms with E-state index in [1.165, 1.54) is 0 Å². The molecule has 3 N–H and O–H groups in total. The van der Waals surface area contributed by atoms with E-state index in [0.717, 1.165) is 27.7 Å². The van der Waals surface area contributed by atoms with Crippen molar-refractivity contribution in [3.05, 3.63) is 64.9 Å². The average Bonchev–Trinajstić information content (AvgIpc) is 2.91. The normalized spacial score (nSPS) is 10.7. The number of halogens is 1. The molecule has 0 radical (unpaired) electrons. The molecule has 0 aliphatic rings. The Morgan fingerprint density at radius 2 is 1.80 bits per heavy atom. The van der Waals surface area contributed by atoms with Gasteiger partial charge in [0.25, 0.3) is 0 Å². The Morgan fingerprint density at radius 3 is 2.55 bits per heavy atom. The van der Waals surface area contributed by atoms with Crippen LogP contribution in [0.2, 0.25) is 5.02 Å². The maximum absolute atomic E-state index is 6.14. The van der Waals surface area contributed by atoms with Crippen LogP contribution in [-0.4, -0.2) is 15.2 Å². The molecule has 1 heterocycles. The van der Waals surface area contributed by atoms with Crippen molar-refractivity contribution in [2.75, 3.05) is 5.73 Å². The Bertz CT molecular complexity index is 719. The van der Waals surface area contributed by atoms with Crippen LogP contribution in [0.25, 0.3) is 11.4 Å². The predicted molar refractivity (Wildman–Crippen MR) is 80.5 cm³/mol. The molecule has 0 spiro atoms. The summed E-state index contributed by atoms with van der Waals surface area (Å²) in [7, 11) is 0. The van der Waals surface area contributed by atoms with E-state index in [4.69, 9.17) is 17.3 Å². The number of anilines is 1. The standard InChI is InChI=1S/C15H13ClN4/c16-13-4-2-1-3-11(13)9-14-18-15(20-19-14)10-5-7-12(17)8-6-10/h1-8H,9,17H2,(H,18,19,20). The zero-order chi connectivity index (χ0) is 13.9. The SMILES string of the molecule is Nc1ccc(-c2n[nH]c(Cc3ccccc3Cl)n2)cc1. The van der Waals surface area contributed by atoms with Gasteiger partial charge in [0, 0.05) is 22.7 Å². The molecule has 0 saturated carbocycles. The fourth-order valence-corrected chi connectivity index (χ4v) is 2.16. The zero-order valence-electron chi connectivity index (χ0n) is 10.7. The summed E-state index contributed by atoms with van der Waals surface area (Å²) >= 11 is 6.14. The lowest BCUT2D eigenvalue weighted by molar-refractivity contribution is 0.973. The fraction of sp³-hybridized carbons (Fsp3) is 0.0667. The van der Waals surface area contributed by atoms with Crippen molar-refractivity contribution in [3.8, 4) is 11.4 Å². The zero-order valence-corrected chi connectivity index (χ0v) is 11.4. The van der Waals surface area contributed by atoms with Crippen molar-refractivity contribution in [2.45, 2.75) is 6.42 Å². The smallest absolute Gasteiger partial charge is 0.181 e. The summed E-state index contributed by atoms with van der Waals surface area (Å²) in [5.74, 6) is 1.44. The molecule has 0 unspecified atom stereocenters. The third kappa shape index (κ3) is 2.65. The molecule has 0 aliphatic heterocycles. The first-order valence-corrected chi connectivity index (χ1v) is 6.61. The van der Waals surface area contributed by atoms with Crippen LogP contribution in [0.15, 0.2) is 48.5 Å². The molecule has 20 heavy (non-hydrogen) atoms. The number of nitrogen functional groups attached to an aromatic ring is 1. The summed E-state index contributed by atoms with van der Waals surface area (Å²) in [4.78, 5) is 4.48. The summed E-state index contributed by atoms with van der Waals surface area (Å²) in [6, 6.07) is 15.2. The maximum Gasteiger partial charge on any atom is 0.181 e. The van der Waals surface area contributed by atoms with Crippen molar-refractivity contribution in [3.63, 3.8) is 0 Å². The lowest BCUT2D eigenvalue weighted by atomic mass is 10.1. The van der Waals surface area contributed by atoms with Crippen LogP contribution in [0, 0.1) is 0 Å². The average molecular weight is 285 g/mol. The Labute approximate surface area is 121 Å². The predicted octanol–water partition coefficient (Wildman–Crippen LogP) is 3.30. The molecule has 3 rings (SSSR count). The van der Waals surface area contributed by atoms with Crippen molar-refractivity contribution >= 4 is 17.3 Å². The number of nitrogens with zero attached hydrogens (tertiary/aromatic N) is 2. The van der Waals surface area contributed by atoms with Gasteiger partial charge in [-0.15, -0.1) is 0 Å². The third-order valence-corrected chi connectivity index (χ3v) is 3.39. The number of H-pyrrole nitrogens is 1. The van der Waals surface area contributed by atoms with Crippen molar-refractivity contribution in [1.82, 2.24) is 15.2 Å². The number of rotatable bonds is 3. The number of hydrogen-bond acceptors (Lipinski definition) is 3. The quantitative estimate of drug-likeness (QED) is 0.725. The van der Waals surface area contributed by atoms with Crippen LogP contribution in [0.4, 0.5) is 5.69 Å². The summed E-state index contributed by atoms with van der Waals surface area (Å²) < 4.78 is 0. The van der Waals surface area contributed by atoms with Crippen LogP contribution >= 0.6 is 11.6 Å². The number of aromatic nitrogens is 3. The van der Waals surface area contributed by atoms with Crippen molar-refractivity contribution < 1.29 is 0 Å². The first-order chi connectivity index (χ1) is 9.72. The van der Waals surface area contributed by atoms with Gasteiger partial charge in [-0.2, -0.15) is 5.10 Å². The molecule has 2 aromatic carbocycles. The van der Waals surface area contributed by atoms with E-state index in [9.17, 15) is 0 Å². The lowest BCUT2D eigenvalue weighted by Crippen LogP contribution is -1.91. The Balaban J connectivity index is 1.84. The minimum Gasteiger partial charge on any atom is -0.399 e. The molecule has 0 bridgehead atoms. The van der Waals surface area contributed by atoms with Gasteiger partial charge in [-0.25, -0.2) is 4.98 Å². The number of aromatic amines is 1. The highest BCUT2D eigenvalue weighted by Gasteiger charge is 2.08. The lowest BCUT2D eigenvalue weighted by Gasteiger charge is -2.00. The minimum atomic E-state index is 0.627.